The zero-order valence-corrected chi connectivity index (χ0v) is 16.0. The van der Waals surface area contributed by atoms with Crippen molar-refractivity contribution in [2.45, 2.75) is 25.1 Å². The fourth-order valence-electron chi connectivity index (χ4n) is 3.14. The van der Waals surface area contributed by atoms with Gasteiger partial charge in [-0.2, -0.15) is 0 Å². The Balaban J connectivity index is 1.32. The smallest absolute Gasteiger partial charge is 0.230 e. The normalized spacial score (nSPS) is 18.2. The molecule has 25 heavy (non-hydrogen) atoms. The first-order valence-electron chi connectivity index (χ1n) is 8.77. The molecule has 1 aliphatic heterocycles. The molecule has 3 rings (SSSR count). The van der Waals surface area contributed by atoms with Crippen LogP contribution in [0.4, 0.5) is 0 Å². The molecule has 3 heterocycles. The minimum atomic E-state index is 0.143. The fraction of sp³-hybridized carbons (Fsp3) is 0.474. The second-order valence-electron chi connectivity index (χ2n) is 6.48. The first kappa shape index (κ1) is 18.4. The van der Waals surface area contributed by atoms with Crippen molar-refractivity contribution in [3.8, 4) is 0 Å². The van der Waals surface area contributed by atoms with Crippen LogP contribution in [-0.2, 0) is 17.1 Å². The molecule has 0 bridgehead atoms. The maximum absolute atomic E-state index is 12.1. The number of hydrogen-bond acceptors (Lipinski definition) is 5. The average Bonchev–Trinajstić information content (AvgIpc) is 3.14. The van der Waals surface area contributed by atoms with Crippen LogP contribution in [0.1, 0.15) is 23.3 Å². The Labute approximate surface area is 158 Å². The molecule has 1 amide bonds. The van der Waals surface area contributed by atoms with Gasteiger partial charge in [-0.05, 0) is 48.4 Å². The maximum atomic E-state index is 12.1. The third-order valence-electron chi connectivity index (χ3n) is 4.38. The Morgan fingerprint density at radius 2 is 2.36 bits per heavy atom. The second kappa shape index (κ2) is 9.94. The first-order valence-corrected chi connectivity index (χ1v) is 10.8. The van der Waals surface area contributed by atoms with Crippen molar-refractivity contribution in [3.63, 3.8) is 0 Å². The Morgan fingerprint density at radius 1 is 1.40 bits per heavy atom. The van der Waals surface area contributed by atoms with Crippen molar-refractivity contribution >= 4 is 29.0 Å². The highest BCUT2D eigenvalue weighted by Gasteiger charge is 2.20. The van der Waals surface area contributed by atoms with Crippen molar-refractivity contribution in [1.82, 2.24) is 15.2 Å². The van der Waals surface area contributed by atoms with E-state index in [0.29, 0.717) is 11.7 Å². The lowest BCUT2D eigenvalue weighted by molar-refractivity contribution is -0.118. The molecule has 1 fully saturated rings. The summed E-state index contributed by atoms with van der Waals surface area (Å²) in [7, 11) is 0. The SMILES string of the molecule is O=C(CSCc1cccnc1)NCC1CCCN(Cc2cccs2)C1. The number of pyridine rings is 1. The standard InChI is InChI=1S/C19H25N3OS2/c23-19(15-24-14-17-4-1-7-20-10-17)21-11-16-5-2-8-22(12-16)13-18-6-3-9-25-18/h1,3-4,6-7,9-10,16H,2,5,8,11-15H2,(H,21,23). The van der Waals surface area contributed by atoms with Crippen molar-refractivity contribution < 1.29 is 4.79 Å². The largest absolute Gasteiger partial charge is 0.355 e. The molecule has 1 aliphatic rings. The number of nitrogens with zero attached hydrogens (tertiary/aromatic N) is 2. The summed E-state index contributed by atoms with van der Waals surface area (Å²) in [6, 6.07) is 8.30. The number of hydrogen-bond donors (Lipinski definition) is 1. The maximum Gasteiger partial charge on any atom is 0.230 e. The lowest BCUT2D eigenvalue weighted by atomic mass is 9.98. The van der Waals surface area contributed by atoms with Gasteiger partial charge in [0.2, 0.25) is 5.91 Å². The van der Waals surface area contributed by atoms with Crippen LogP contribution < -0.4 is 5.32 Å². The van der Waals surface area contributed by atoms with Crippen LogP contribution in [0.3, 0.4) is 0 Å². The Morgan fingerprint density at radius 3 is 3.16 bits per heavy atom. The molecule has 1 N–H and O–H groups in total. The topological polar surface area (TPSA) is 45.2 Å². The van der Waals surface area contributed by atoms with Crippen LogP contribution in [0.15, 0.2) is 42.0 Å². The fourth-order valence-corrected chi connectivity index (χ4v) is 4.68. The van der Waals surface area contributed by atoms with Gasteiger partial charge < -0.3 is 5.32 Å². The van der Waals surface area contributed by atoms with E-state index in [0.717, 1.165) is 31.0 Å². The van der Waals surface area contributed by atoms with Crippen LogP contribution in [-0.4, -0.2) is 41.2 Å². The second-order valence-corrected chi connectivity index (χ2v) is 8.50. The first-order chi connectivity index (χ1) is 12.3. The monoisotopic (exact) mass is 375 g/mol. The van der Waals surface area contributed by atoms with E-state index in [4.69, 9.17) is 0 Å². The van der Waals surface area contributed by atoms with Gasteiger partial charge in [0.15, 0.2) is 0 Å². The van der Waals surface area contributed by atoms with Crippen LogP contribution in [0.5, 0.6) is 0 Å². The van der Waals surface area contributed by atoms with Gasteiger partial charge in [0.25, 0.3) is 0 Å². The summed E-state index contributed by atoms with van der Waals surface area (Å²) in [5.74, 6) is 2.06. The van der Waals surface area contributed by atoms with E-state index in [1.807, 2.05) is 29.7 Å². The molecule has 1 saturated heterocycles. The molecule has 0 radical (unpaired) electrons. The molecule has 1 atom stereocenters. The number of carbonyl (C=O) groups excluding carboxylic acids is 1. The summed E-state index contributed by atoms with van der Waals surface area (Å²) in [5.41, 5.74) is 1.16. The number of aromatic nitrogens is 1. The van der Waals surface area contributed by atoms with E-state index in [1.165, 1.54) is 24.3 Å². The minimum Gasteiger partial charge on any atom is -0.355 e. The number of amides is 1. The average molecular weight is 376 g/mol. The Kier molecular flexibility index (Phi) is 7.33. The van der Waals surface area contributed by atoms with E-state index in [9.17, 15) is 4.79 Å². The van der Waals surface area contributed by atoms with E-state index in [1.54, 1.807) is 18.0 Å². The number of piperidine rings is 1. The summed E-state index contributed by atoms with van der Waals surface area (Å²) in [5, 5.41) is 5.26. The lowest BCUT2D eigenvalue weighted by Gasteiger charge is -2.32. The molecule has 2 aromatic rings. The van der Waals surface area contributed by atoms with Gasteiger partial charge in [0.05, 0.1) is 5.75 Å². The number of carbonyl (C=O) groups is 1. The lowest BCUT2D eigenvalue weighted by Crippen LogP contribution is -2.40. The zero-order valence-electron chi connectivity index (χ0n) is 14.4. The van der Waals surface area contributed by atoms with Gasteiger partial charge in [-0.1, -0.05) is 12.1 Å². The van der Waals surface area contributed by atoms with Crippen molar-refractivity contribution in [2.24, 2.45) is 5.92 Å². The zero-order chi connectivity index (χ0) is 17.3. The van der Waals surface area contributed by atoms with Crippen LogP contribution in [0, 0.1) is 5.92 Å². The van der Waals surface area contributed by atoms with Crippen molar-refractivity contribution in [1.29, 1.82) is 0 Å². The summed E-state index contributed by atoms with van der Waals surface area (Å²) < 4.78 is 0. The molecule has 6 heteroatoms. The predicted octanol–water partition coefficient (Wildman–Crippen LogP) is 3.40. The van der Waals surface area contributed by atoms with Crippen LogP contribution >= 0.6 is 23.1 Å². The third-order valence-corrected chi connectivity index (χ3v) is 6.24. The quantitative estimate of drug-likeness (QED) is 0.768. The summed E-state index contributed by atoms with van der Waals surface area (Å²) in [4.78, 5) is 20.1. The number of thioether (sulfide) groups is 1. The number of likely N-dealkylation sites (tertiary alicyclic amines) is 1. The van der Waals surface area contributed by atoms with Gasteiger partial charge in [0.1, 0.15) is 0 Å². The highest BCUT2D eigenvalue weighted by atomic mass is 32.2. The molecule has 0 aromatic carbocycles. The Hall–Kier alpha value is -1.37. The van der Waals surface area contributed by atoms with Gasteiger partial charge in [0, 0.05) is 42.7 Å². The van der Waals surface area contributed by atoms with E-state index < -0.39 is 0 Å². The molecule has 0 saturated carbocycles. The van der Waals surface area contributed by atoms with Crippen LogP contribution in [0.2, 0.25) is 0 Å². The molecule has 1 unspecified atom stereocenters. The third kappa shape index (κ3) is 6.45. The summed E-state index contributed by atoms with van der Waals surface area (Å²) in [6.45, 7) is 4.10. The molecule has 2 aromatic heterocycles. The van der Waals surface area contributed by atoms with Crippen molar-refractivity contribution in [2.75, 3.05) is 25.4 Å². The van der Waals surface area contributed by atoms with Crippen molar-refractivity contribution in [3.05, 3.63) is 52.5 Å². The van der Waals surface area contributed by atoms with E-state index in [-0.39, 0.29) is 5.91 Å². The summed E-state index contributed by atoms with van der Waals surface area (Å²) >= 11 is 3.47. The van der Waals surface area contributed by atoms with Gasteiger partial charge >= 0.3 is 0 Å². The minimum absolute atomic E-state index is 0.143. The van der Waals surface area contributed by atoms with E-state index >= 15 is 0 Å². The molecule has 134 valence electrons. The molecular formula is C19H25N3OS2. The number of rotatable bonds is 8. The number of nitrogens with one attached hydrogen (secondary N) is 1. The predicted molar refractivity (Wildman–Crippen MR) is 106 cm³/mol. The molecule has 0 aliphatic carbocycles. The molecule has 0 spiro atoms. The summed E-state index contributed by atoms with van der Waals surface area (Å²) in [6.07, 6.45) is 6.06. The van der Waals surface area contributed by atoms with Gasteiger partial charge in [-0.25, -0.2) is 0 Å². The molecular weight excluding hydrogens is 350 g/mol. The molecule has 4 nitrogen and oxygen atoms in total. The Bertz CT molecular complexity index is 633. The van der Waals surface area contributed by atoms with Gasteiger partial charge in [-0.15, -0.1) is 23.1 Å². The van der Waals surface area contributed by atoms with Gasteiger partial charge in [-0.3, -0.25) is 14.7 Å². The van der Waals surface area contributed by atoms with E-state index in [2.05, 4.69) is 32.7 Å². The highest BCUT2D eigenvalue weighted by molar-refractivity contribution is 7.99. The highest BCUT2D eigenvalue weighted by Crippen LogP contribution is 2.20. The van der Waals surface area contributed by atoms with Crippen LogP contribution in [0.25, 0.3) is 0 Å². The number of thiophene rings is 1.